The van der Waals surface area contributed by atoms with Crippen molar-refractivity contribution < 1.29 is 167 Å². The van der Waals surface area contributed by atoms with Crippen molar-refractivity contribution in [3.8, 4) is 0 Å². The van der Waals surface area contributed by atoms with Crippen LogP contribution in [0.5, 0.6) is 0 Å². The van der Waals surface area contributed by atoms with Crippen molar-refractivity contribution in [2.45, 2.75) is 24.4 Å². The fourth-order valence-corrected chi connectivity index (χ4v) is 2.18. The second kappa shape index (κ2) is 32.8. The summed E-state index contributed by atoms with van der Waals surface area (Å²) < 4.78 is 263. The zero-order valence-corrected chi connectivity index (χ0v) is 109. The van der Waals surface area contributed by atoms with E-state index in [1.54, 1.807) is 0 Å². The predicted molar refractivity (Wildman–Crippen MR) is 106 cm³/mol. The Bertz CT molecular complexity index is 1160. The molecule has 0 amide bonds. The van der Waals surface area contributed by atoms with Gasteiger partial charge in [-0.15, -0.1) is 0 Å². The molecule has 2 aliphatic heterocycles. The number of aliphatic hydroxyl groups is 4. The number of halogens is 20. The maximum Gasteiger partial charge on any atom is 0.436 e. The van der Waals surface area contributed by atoms with Gasteiger partial charge in [0, 0.05) is 19.5 Å². The first-order valence-corrected chi connectivity index (χ1v) is 9.79. The topological polar surface area (TPSA) is 199 Å². The van der Waals surface area contributed by atoms with E-state index >= 15 is 0 Å². The Hall–Kier alpha value is -16.4. The van der Waals surface area contributed by atoms with Crippen molar-refractivity contribution in [3.63, 3.8) is 0 Å². The standard InChI is InChI=1S/C9F12O4.C5H2F4O2.2C2H2F2O2.2H2O.12Rf.Rh/c10-1(11)3-22-6(14,15)5(7(16,17)23-3)8(18,19)24-4(2(12)13)25-9(5,20)21;6-4(7)1-10-3-11-2-5(8)9;2*3-1(4)2(5)6;;;;;;;;;;;;;;;/h;3H2;2*5-6H;2*1H2;;;;;;;;;;;;;/q;-2;;;;;;;;;;;;;;;;;. The summed E-state index contributed by atoms with van der Waals surface area (Å²) in [6, 6.07) is 0. The minimum atomic E-state index is -6.59. The smallest absolute Gasteiger partial charge is 0.436 e. The first kappa shape index (κ1) is 111. The Morgan fingerprint density at radius 2 is 0.571 bits per heavy atom. The van der Waals surface area contributed by atoms with Gasteiger partial charge in [0.05, 0.1) is 0 Å². The first-order chi connectivity index (χ1) is 21.4. The van der Waals surface area contributed by atoms with Crippen LogP contribution in [0.1, 0.15) is 0 Å². The molecule has 0 saturated carbocycles. The van der Waals surface area contributed by atoms with Gasteiger partial charge in [-0.3, -0.25) is 0 Å². The van der Waals surface area contributed by atoms with Gasteiger partial charge in [-0.25, -0.2) is 30.1 Å². The van der Waals surface area contributed by atoms with Gasteiger partial charge in [0.25, 0.3) is 0 Å². The summed E-state index contributed by atoms with van der Waals surface area (Å²) in [6.45, 7) is -0.783. The molecule has 1 radical (unpaired) electrons. The van der Waals surface area contributed by atoms with Gasteiger partial charge in [0.2, 0.25) is 0 Å². The summed E-state index contributed by atoms with van der Waals surface area (Å²) in [7, 11) is 0. The van der Waals surface area contributed by atoms with Gasteiger partial charge >= 0.3 is 78.0 Å². The van der Waals surface area contributed by atoms with Crippen molar-refractivity contribution >= 4 is 0 Å². The van der Waals surface area contributed by atoms with Crippen LogP contribution in [0.3, 0.4) is 0 Å². The summed E-state index contributed by atoms with van der Waals surface area (Å²) in [5.41, 5.74) is -6.59. The van der Waals surface area contributed by atoms with E-state index in [1.165, 1.54) is 0 Å². The van der Waals surface area contributed by atoms with Gasteiger partial charge in [0.15, 0.2) is 6.79 Å². The van der Waals surface area contributed by atoms with Crippen LogP contribution in [0.2, 0.25) is 0 Å². The third-order valence-corrected chi connectivity index (χ3v) is 3.69. The molecule has 45 heteroatoms. The molecule has 0 aliphatic carbocycles. The molecule has 1 spiro atoms. The van der Waals surface area contributed by atoms with E-state index in [2.05, 4.69) is 28.4 Å². The fraction of sp³-hybridized carbons (Fsp3) is 0.333. The van der Waals surface area contributed by atoms with Crippen molar-refractivity contribution in [2.75, 3.05) is 6.79 Å². The second-order valence-electron chi connectivity index (χ2n) is 6.62. The second-order valence-corrected chi connectivity index (χ2v) is 6.62. The molecule has 0 aromatic heterocycles. The number of hydrogen-bond donors (Lipinski definition) is 4. The van der Waals surface area contributed by atoms with Crippen LogP contribution in [0.15, 0.2) is 60.3 Å². The Morgan fingerprint density at radius 3 is 0.683 bits per heavy atom. The van der Waals surface area contributed by atoms with Crippen molar-refractivity contribution in [2.24, 2.45) is 5.41 Å². The van der Waals surface area contributed by atoms with Crippen LogP contribution >= 0.6 is 0 Å². The average molecular weight is 4110 g/mol. The summed E-state index contributed by atoms with van der Waals surface area (Å²) >= 11 is 0. The van der Waals surface area contributed by atoms with Gasteiger partial charge in [-0.05, 0) is 0 Å². The number of ether oxygens (including phenoxy) is 6. The molecule has 2 aliphatic rings. The Morgan fingerprint density at radius 1 is 0.413 bits per heavy atom. The normalized spacial score (nSPS) is 15.4. The molecule has 0 aromatic rings. The molecule has 0 aromatic carbocycles. The maximum absolute atomic E-state index is 13.7. The summed E-state index contributed by atoms with van der Waals surface area (Å²) in [5, 5.41) is 29.3. The van der Waals surface area contributed by atoms with Crippen LogP contribution in [0, 0.1) is 17.9 Å². The third kappa shape index (κ3) is 21.4. The first-order valence-electron chi connectivity index (χ1n) is 9.79. The molecule has 12 nitrogen and oxygen atoms in total. The number of alkyl halides is 8. The molecule has 0 atom stereocenters. The minimum Gasteiger partial charge on any atom is -0.663 e. The van der Waals surface area contributed by atoms with Crippen molar-refractivity contribution in [1.29, 1.82) is 0 Å². The molecule has 63 heavy (non-hydrogen) atoms. The van der Waals surface area contributed by atoms with E-state index in [0.717, 1.165) is 12.5 Å². The van der Waals surface area contributed by atoms with Gasteiger partial charge in [-0.2, -0.15) is 70.2 Å². The average Bonchev–Trinajstić information content (AvgIpc) is 2.86. The molecular weight excluding hydrogens is 4100 g/mol. The molecule has 2 rings (SSSR count). The zero-order chi connectivity index (χ0) is 38.6. The quantitative estimate of drug-likeness (QED) is 0.0553. The van der Waals surface area contributed by atoms with Crippen LogP contribution in [0.4, 0.5) is 87.8 Å². The van der Waals surface area contributed by atoms with E-state index in [1.807, 2.05) is 0 Å². The molecular formula is C18H10F20O12Rf12Rh-2. The number of aliphatic hydroxyl groups excluding tert-OH is 2. The Balaban J connectivity index is -0.0000000323. The van der Waals surface area contributed by atoms with Gasteiger partial charge in [-0.1, -0.05) is 0 Å². The van der Waals surface area contributed by atoms with E-state index in [-0.39, 0.29) is 30.4 Å². The van der Waals surface area contributed by atoms with Crippen molar-refractivity contribution in [1.82, 2.24) is 0 Å². The summed E-state index contributed by atoms with van der Waals surface area (Å²) in [6.07, 6.45) is -40.5. The van der Waals surface area contributed by atoms with Crippen LogP contribution in [0.25, 0.3) is 0 Å². The molecule has 2 saturated heterocycles. The van der Waals surface area contributed by atoms with Gasteiger partial charge in [0.1, 0.15) is 12.2 Å². The number of hydrogen-bond acceptors (Lipinski definition) is 10. The van der Waals surface area contributed by atoms with Crippen molar-refractivity contribution in [3.05, 3.63) is 72.8 Å². The predicted octanol–water partition coefficient (Wildman–Crippen LogP) is 7.31. The van der Waals surface area contributed by atoms with Crippen LogP contribution < -0.4 is 0 Å². The Kier molecular flexibility index (Phi) is 57.5. The van der Waals surface area contributed by atoms with Crippen LogP contribution in [-0.2, 0) is 47.9 Å². The van der Waals surface area contributed by atoms with E-state index < -0.39 is 96.9 Å². The Labute approximate surface area is 277 Å². The largest absolute Gasteiger partial charge is 0.663 e. The molecule has 0 unspecified atom stereocenters. The molecule has 2 heterocycles. The third-order valence-electron chi connectivity index (χ3n) is 3.69. The summed E-state index contributed by atoms with van der Waals surface area (Å²) in [5.74, 6) is -9.92. The molecule has 2 fully saturated rings. The SMILES string of the molecule is FC(F)=C1OC(F)(F)C2(C(F)(F)O1)C(F)(F)OC(=C(F)F)OC2(F)F.FC(F)=[C-]OCO[C-]=C(F)F.O.O.OC(O)=C(F)F.OC(O)=C(F)F.[Rf].[Rf].[Rf].[Rf].[Rf].[Rf].[Rf].[Rf].[Rf].[Rf].[Rf].[Rf].[Rh]. The molecule has 329 valence electrons. The summed E-state index contributed by atoms with van der Waals surface area (Å²) in [4.78, 5) is 0. The zero-order valence-electron chi connectivity index (χ0n) is 30.8. The minimum absolute atomic E-state index is 0. The van der Waals surface area contributed by atoms with E-state index in [0.29, 0.717) is 0 Å². The van der Waals surface area contributed by atoms with E-state index in [9.17, 15) is 87.8 Å². The molecule has 0 bridgehead atoms. The van der Waals surface area contributed by atoms with E-state index in [4.69, 9.17) is 20.4 Å². The fourth-order valence-electron chi connectivity index (χ4n) is 2.18. The monoisotopic (exact) mass is 4110 g/mol. The van der Waals surface area contributed by atoms with Crippen LogP contribution in [-0.4, -0.2) is 62.6 Å². The van der Waals surface area contributed by atoms with Gasteiger partial charge < -0.3 is 59.8 Å². The number of rotatable bonds is 4. The maximum atomic E-state index is 13.7. The molecule has 8 N–H and O–H groups in total.